The Labute approximate surface area is 119 Å². The second kappa shape index (κ2) is 7.47. The van der Waals surface area contributed by atoms with Crippen LogP contribution in [0.2, 0.25) is 0 Å². The number of rotatable bonds is 6. The number of aromatic nitrogens is 1. The molecule has 0 radical (unpaired) electrons. The highest BCUT2D eigenvalue weighted by Crippen LogP contribution is 2.09. The molecule has 0 fully saturated rings. The van der Waals surface area contributed by atoms with Crippen molar-refractivity contribution in [3.8, 4) is 0 Å². The molecule has 2 amide bonds. The summed E-state index contributed by atoms with van der Waals surface area (Å²) in [4.78, 5) is 27.3. The second-order valence-electron chi connectivity index (χ2n) is 5.01. The number of amides is 2. The van der Waals surface area contributed by atoms with E-state index in [1.807, 2.05) is 13.8 Å². The quantitative estimate of drug-likeness (QED) is 0.725. The first-order valence-electron chi connectivity index (χ1n) is 6.66. The monoisotopic (exact) mass is 278 g/mol. The van der Waals surface area contributed by atoms with Gasteiger partial charge < -0.3 is 16.0 Å². The van der Waals surface area contributed by atoms with Gasteiger partial charge in [-0.1, -0.05) is 13.8 Å². The zero-order chi connectivity index (χ0) is 15.1. The summed E-state index contributed by atoms with van der Waals surface area (Å²) in [7, 11) is 1.55. The molecule has 0 aliphatic heterocycles. The zero-order valence-electron chi connectivity index (χ0n) is 12.4. The van der Waals surface area contributed by atoms with E-state index in [1.165, 1.54) is 6.20 Å². The Balaban J connectivity index is 2.63. The van der Waals surface area contributed by atoms with E-state index in [9.17, 15) is 9.59 Å². The molecule has 6 heteroatoms. The third kappa shape index (κ3) is 4.87. The largest absolute Gasteiger partial charge is 0.374 e. The van der Waals surface area contributed by atoms with E-state index in [-0.39, 0.29) is 17.9 Å². The number of hydrogen-bond donors (Lipinski definition) is 3. The minimum absolute atomic E-state index is 0.0722. The Morgan fingerprint density at radius 2 is 2.00 bits per heavy atom. The summed E-state index contributed by atoms with van der Waals surface area (Å²) in [5.74, 6) is 0.0782. The first-order valence-corrected chi connectivity index (χ1v) is 6.66. The van der Waals surface area contributed by atoms with Crippen LogP contribution in [0.3, 0.4) is 0 Å². The topological polar surface area (TPSA) is 83.1 Å². The van der Waals surface area contributed by atoms with E-state index in [0.717, 1.165) is 0 Å². The van der Waals surface area contributed by atoms with Crippen molar-refractivity contribution in [2.24, 2.45) is 5.92 Å². The predicted octanol–water partition coefficient (Wildman–Crippen LogP) is 1.01. The fourth-order valence-corrected chi connectivity index (χ4v) is 1.55. The van der Waals surface area contributed by atoms with Crippen LogP contribution >= 0.6 is 0 Å². The Kier molecular flexibility index (Phi) is 5.96. The van der Waals surface area contributed by atoms with Crippen molar-refractivity contribution in [2.45, 2.75) is 26.8 Å². The molecule has 110 valence electrons. The van der Waals surface area contributed by atoms with Gasteiger partial charge in [0.15, 0.2) is 0 Å². The number of hydrogen-bond acceptors (Lipinski definition) is 4. The van der Waals surface area contributed by atoms with Crippen LogP contribution in [0.4, 0.5) is 5.69 Å². The molecular formula is C14H22N4O2. The molecule has 3 N–H and O–H groups in total. The Hall–Kier alpha value is -2.11. The molecule has 1 atom stereocenters. The summed E-state index contributed by atoms with van der Waals surface area (Å²) in [5, 5.41) is 8.42. The Morgan fingerprint density at radius 3 is 2.60 bits per heavy atom. The maximum Gasteiger partial charge on any atom is 0.269 e. The fourth-order valence-electron chi connectivity index (χ4n) is 1.55. The third-order valence-corrected chi connectivity index (χ3v) is 2.68. The minimum Gasteiger partial charge on any atom is -0.374 e. The molecule has 1 unspecified atom stereocenters. The molecule has 0 aromatic carbocycles. The molecule has 0 aliphatic carbocycles. The van der Waals surface area contributed by atoms with Gasteiger partial charge in [-0.3, -0.25) is 14.6 Å². The maximum absolute atomic E-state index is 11.9. The summed E-state index contributed by atoms with van der Waals surface area (Å²) >= 11 is 0. The maximum atomic E-state index is 11.9. The predicted molar refractivity (Wildman–Crippen MR) is 78.6 cm³/mol. The third-order valence-electron chi connectivity index (χ3n) is 2.68. The molecule has 20 heavy (non-hydrogen) atoms. The first kappa shape index (κ1) is 15.9. The van der Waals surface area contributed by atoms with Crippen molar-refractivity contribution < 1.29 is 9.59 Å². The van der Waals surface area contributed by atoms with Gasteiger partial charge in [-0.25, -0.2) is 0 Å². The van der Waals surface area contributed by atoms with Gasteiger partial charge in [-0.05, 0) is 25.0 Å². The Morgan fingerprint density at radius 1 is 1.30 bits per heavy atom. The summed E-state index contributed by atoms with van der Waals surface area (Å²) in [6.45, 7) is 6.49. The molecule has 1 aromatic rings. The summed E-state index contributed by atoms with van der Waals surface area (Å²) < 4.78 is 0. The van der Waals surface area contributed by atoms with Crippen LogP contribution < -0.4 is 16.0 Å². The normalized spacial score (nSPS) is 11.8. The van der Waals surface area contributed by atoms with Gasteiger partial charge in [-0.2, -0.15) is 0 Å². The van der Waals surface area contributed by atoms with Crippen LogP contribution in [0.5, 0.6) is 0 Å². The van der Waals surface area contributed by atoms with E-state index < -0.39 is 0 Å². The lowest BCUT2D eigenvalue weighted by Gasteiger charge is -2.16. The highest BCUT2D eigenvalue weighted by Gasteiger charge is 2.13. The number of carbonyl (C=O) groups is 2. The van der Waals surface area contributed by atoms with Crippen LogP contribution in [-0.4, -0.2) is 36.4 Å². The molecule has 0 saturated heterocycles. The van der Waals surface area contributed by atoms with Gasteiger partial charge in [0.25, 0.3) is 5.91 Å². The average molecular weight is 278 g/mol. The van der Waals surface area contributed by atoms with Crippen molar-refractivity contribution in [1.82, 2.24) is 15.6 Å². The summed E-state index contributed by atoms with van der Waals surface area (Å²) in [6.07, 6.45) is 1.53. The standard InChI is InChI=1S/C14H22N4O2/c1-9(2)8-17-13(19)10(3)18-11-5-6-16-12(7-11)14(20)15-4/h5-7,9-10H,8H2,1-4H3,(H,15,20)(H,16,18)(H,17,19). The van der Waals surface area contributed by atoms with Gasteiger partial charge >= 0.3 is 0 Å². The van der Waals surface area contributed by atoms with E-state index in [1.54, 1.807) is 26.1 Å². The second-order valence-corrected chi connectivity index (χ2v) is 5.01. The van der Waals surface area contributed by atoms with Crippen LogP contribution in [0.1, 0.15) is 31.3 Å². The SMILES string of the molecule is CNC(=O)c1cc(NC(C)C(=O)NCC(C)C)ccn1. The van der Waals surface area contributed by atoms with Gasteiger partial charge in [0, 0.05) is 25.5 Å². The minimum atomic E-state index is -0.381. The van der Waals surface area contributed by atoms with E-state index in [4.69, 9.17) is 0 Å². The van der Waals surface area contributed by atoms with Crippen LogP contribution in [-0.2, 0) is 4.79 Å². The van der Waals surface area contributed by atoms with Crippen molar-refractivity contribution in [3.63, 3.8) is 0 Å². The van der Waals surface area contributed by atoms with Crippen molar-refractivity contribution in [1.29, 1.82) is 0 Å². The number of carbonyl (C=O) groups excluding carboxylic acids is 2. The highest BCUT2D eigenvalue weighted by molar-refractivity contribution is 5.93. The van der Waals surface area contributed by atoms with Gasteiger partial charge in [-0.15, -0.1) is 0 Å². The lowest BCUT2D eigenvalue weighted by atomic mass is 10.2. The molecule has 0 spiro atoms. The van der Waals surface area contributed by atoms with E-state index in [0.29, 0.717) is 23.8 Å². The lowest BCUT2D eigenvalue weighted by Crippen LogP contribution is -2.39. The van der Waals surface area contributed by atoms with Gasteiger partial charge in [0.2, 0.25) is 5.91 Å². The molecule has 0 bridgehead atoms. The van der Waals surface area contributed by atoms with E-state index >= 15 is 0 Å². The lowest BCUT2D eigenvalue weighted by molar-refractivity contribution is -0.121. The van der Waals surface area contributed by atoms with Crippen molar-refractivity contribution >= 4 is 17.5 Å². The summed E-state index contributed by atoms with van der Waals surface area (Å²) in [6, 6.07) is 2.96. The van der Waals surface area contributed by atoms with Gasteiger partial charge in [0.1, 0.15) is 11.7 Å². The molecule has 1 aromatic heterocycles. The molecule has 1 rings (SSSR count). The first-order chi connectivity index (χ1) is 9.43. The van der Waals surface area contributed by atoms with Crippen molar-refractivity contribution in [2.75, 3.05) is 18.9 Å². The average Bonchev–Trinajstić information content (AvgIpc) is 2.43. The van der Waals surface area contributed by atoms with Crippen LogP contribution in [0.25, 0.3) is 0 Å². The van der Waals surface area contributed by atoms with Crippen LogP contribution in [0.15, 0.2) is 18.3 Å². The zero-order valence-corrected chi connectivity index (χ0v) is 12.4. The van der Waals surface area contributed by atoms with E-state index in [2.05, 4.69) is 20.9 Å². The molecular weight excluding hydrogens is 256 g/mol. The number of nitrogens with one attached hydrogen (secondary N) is 3. The molecule has 1 heterocycles. The fraction of sp³-hybridized carbons (Fsp3) is 0.500. The molecule has 0 aliphatic rings. The number of nitrogens with zero attached hydrogens (tertiary/aromatic N) is 1. The number of anilines is 1. The highest BCUT2D eigenvalue weighted by atomic mass is 16.2. The molecule has 6 nitrogen and oxygen atoms in total. The molecule has 0 saturated carbocycles. The Bertz CT molecular complexity index is 474. The number of pyridine rings is 1. The van der Waals surface area contributed by atoms with Crippen LogP contribution in [0, 0.1) is 5.92 Å². The van der Waals surface area contributed by atoms with Crippen molar-refractivity contribution in [3.05, 3.63) is 24.0 Å². The van der Waals surface area contributed by atoms with Gasteiger partial charge in [0.05, 0.1) is 0 Å². The smallest absolute Gasteiger partial charge is 0.269 e. The summed E-state index contributed by atoms with van der Waals surface area (Å²) in [5.41, 5.74) is 0.998.